The van der Waals surface area contributed by atoms with Crippen molar-refractivity contribution in [2.45, 2.75) is 6.61 Å². The highest BCUT2D eigenvalue weighted by atomic mass is 35.5. The van der Waals surface area contributed by atoms with Crippen molar-refractivity contribution >= 4 is 28.8 Å². The second-order valence-corrected chi connectivity index (χ2v) is 4.17. The van der Waals surface area contributed by atoms with Crippen LogP contribution in [0.3, 0.4) is 0 Å². The normalized spacial score (nSPS) is 10.5. The molecule has 0 unspecified atom stereocenters. The van der Waals surface area contributed by atoms with E-state index in [1.54, 1.807) is 0 Å². The summed E-state index contributed by atoms with van der Waals surface area (Å²) in [5.41, 5.74) is 0.154. The Morgan fingerprint density at radius 2 is 1.90 bits per heavy atom. The molecular formula is C12H8ClF2N3O3. The molecule has 1 aromatic heterocycles. The van der Waals surface area contributed by atoms with Crippen molar-refractivity contribution in [3.8, 4) is 5.75 Å². The number of alkyl halides is 2. The van der Waals surface area contributed by atoms with Crippen molar-refractivity contribution in [1.82, 2.24) is 4.98 Å². The number of anilines is 2. The highest BCUT2D eigenvalue weighted by Crippen LogP contribution is 2.28. The van der Waals surface area contributed by atoms with Gasteiger partial charge in [0.15, 0.2) is 0 Å². The molecule has 1 aromatic carbocycles. The number of nitrogens with one attached hydrogen (secondary N) is 1. The van der Waals surface area contributed by atoms with Crippen LogP contribution in [0.2, 0.25) is 5.15 Å². The number of nitrogens with zero attached hydrogens (tertiary/aromatic N) is 2. The monoisotopic (exact) mass is 315 g/mol. The molecule has 0 saturated heterocycles. The molecule has 9 heteroatoms. The summed E-state index contributed by atoms with van der Waals surface area (Å²) in [5, 5.41) is 13.7. The van der Waals surface area contributed by atoms with Crippen LogP contribution in [0, 0.1) is 10.1 Å². The Bertz CT molecular complexity index is 653. The van der Waals surface area contributed by atoms with Gasteiger partial charge in [0.05, 0.1) is 4.92 Å². The summed E-state index contributed by atoms with van der Waals surface area (Å²) in [6.07, 6.45) is 0. The first-order valence-corrected chi connectivity index (χ1v) is 5.96. The number of ether oxygens (including phenoxy) is 1. The minimum Gasteiger partial charge on any atom is -0.435 e. The summed E-state index contributed by atoms with van der Waals surface area (Å²) in [7, 11) is 0. The van der Waals surface area contributed by atoms with E-state index in [-0.39, 0.29) is 22.4 Å². The van der Waals surface area contributed by atoms with E-state index < -0.39 is 11.5 Å². The van der Waals surface area contributed by atoms with Crippen molar-refractivity contribution in [2.24, 2.45) is 0 Å². The highest BCUT2D eigenvalue weighted by Gasteiger charge is 2.16. The Labute approximate surface area is 122 Å². The maximum Gasteiger partial charge on any atom is 0.387 e. The third kappa shape index (κ3) is 3.99. The molecule has 1 N–H and O–H groups in total. The lowest BCUT2D eigenvalue weighted by Gasteiger charge is -2.08. The van der Waals surface area contributed by atoms with Crippen LogP contribution in [0.1, 0.15) is 0 Å². The van der Waals surface area contributed by atoms with Gasteiger partial charge in [0.25, 0.3) is 0 Å². The molecule has 0 saturated carbocycles. The molecular weight excluding hydrogens is 308 g/mol. The molecule has 1 heterocycles. The van der Waals surface area contributed by atoms with E-state index in [0.29, 0.717) is 5.69 Å². The molecule has 0 aliphatic heterocycles. The predicted octanol–water partition coefficient (Wildman–Crippen LogP) is 3.99. The van der Waals surface area contributed by atoms with Crippen molar-refractivity contribution in [1.29, 1.82) is 0 Å². The van der Waals surface area contributed by atoms with Gasteiger partial charge in [-0.15, -0.1) is 0 Å². The first-order valence-electron chi connectivity index (χ1n) is 5.58. The van der Waals surface area contributed by atoms with Gasteiger partial charge in [-0.05, 0) is 30.3 Å². The smallest absolute Gasteiger partial charge is 0.387 e. The number of pyridine rings is 1. The Morgan fingerprint density at radius 3 is 2.48 bits per heavy atom. The minimum absolute atomic E-state index is 0.0240. The maximum absolute atomic E-state index is 12.0. The van der Waals surface area contributed by atoms with E-state index in [1.807, 2.05) is 0 Å². The molecule has 0 aliphatic rings. The van der Waals surface area contributed by atoms with Crippen LogP contribution in [0.4, 0.5) is 26.0 Å². The fraction of sp³-hybridized carbons (Fsp3) is 0.0833. The molecule has 0 aliphatic carbocycles. The fourth-order valence-electron chi connectivity index (χ4n) is 1.52. The topological polar surface area (TPSA) is 77.3 Å². The molecule has 0 amide bonds. The zero-order valence-electron chi connectivity index (χ0n) is 10.3. The van der Waals surface area contributed by atoms with E-state index in [0.717, 1.165) is 0 Å². The van der Waals surface area contributed by atoms with Crippen molar-refractivity contribution in [3.63, 3.8) is 0 Å². The van der Waals surface area contributed by atoms with Gasteiger partial charge in [-0.3, -0.25) is 10.1 Å². The van der Waals surface area contributed by atoms with Gasteiger partial charge in [0.2, 0.25) is 5.82 Å². The van der Waals surface area contributed by atoms with Gasteiger partial charge in [-0.2, -0.15) is 8.78 Å². The molecule has 0 fully saturated rings. The van der Waals surface area contributed by atoms with Crippen LogP contribution in [0.15, 0.2) is 36.4 Å². The summed E-state index contributed by atoms with van der Waals surface area (Å²) in [4.78, 5) is 14.1. The van der Waals surface area contributed by atoms with Gasteiger partial charge in [0, 0.05) is 11.8 Å². The molecule has 0 atom stereocenters. The summed E-state index contributed by atoms with van der Waals surface area (Å²) < 4.78 is 28.2. The third-order valence-corrected chi connectivity index (χ3v) is 2.59. The van der Waals surface area contributed by atoms with Crippen molar-refractivity contribution in [3.05, 3.63) is 51.7 Å². The van der Waals surface area contributed by atoms with Crippen LogP contribution in [-0.4, -0.2) is 16.5 Å². The summed E-state index contributed by atoms with van der Waals surface area (Å²) >= 11 is 5.69. The quantitative estimate of drug-likeness (QED) is 0.513. The Morgan fingerprint density at radius 1 is 1.24 bits per heavy atom. The number of halogens is 3. The first-order chi connectivity index (χ1) is 9.95. The summed E-state index contributed by atoms with van der Waals surface area (Å²) in [6.45, 7) is -2.92. The number of nitro groups is 1. The lowest BCUT2D eigenvalue weighted by atomic mass is 10.3. The van der Waals surface area contributed by atoms with Crippen LogP contribution in [0.25, 0.3) is 0 Å². The van der Waals surface area contributed by atoms with Crippen molar-refractivity contribution in [2.75, 3.05) is 5.32 Å². The summed E-state index contributed by atoms with van der Waals surface area (Å²) in [6, 6.07) is 7.94. The third-order valence-electron chi connectivity index (χ3n) is 2.38. The SMILES string of the molecule is O=[N+]([O-])c1ccc(Cl)nc1Nc1ccc(OC(F)F)cc1. The lowest BCUT2D eigenvalue weighted by Crippen LogP contribution is -2.02. The second kappa shape index (κ2) is 6.31. The number of benzene rings is 1. The molecule has 2 rings (SSSR count). The standard InChI is InChI=1S/C12H8ClF2N3O3/c13-10-6-5-9(18(19)20)11(17-10)16-7-1-3-8(4-2-7)21-12(14)15/h1-6,12H,(H,16,17). The van der Waals surface area contributed by atoms with Crippen LogP contribution in [0.5, 0.6) is 5.75 Å². The minimum atomic E-state index is -2.92. The van der Waals surface area contributed by atoms with E-state index in [9.17, 15) is 18.9 Å². The Kier molecular flexibility index (Phi) is 4.49. The first kappa shape index (κ1) is 14.9. The Balaban J connectivity index is 2.22. The van der Waals surface area contributed by atoms with Crippen LogP contribution in [-0.2, 0) is 0 Å². The molecule has 0 spiro atoms. The number of hydrogen-bond acceptors (Lipinski definition) is 5. The molecule has 21 heavy (non-hydrogen) atoms. The van der Waals surface area contributed by atoms with Crippen molar-refractivity contribution < 1.29 is 18.4 Å². The van der Waals surface area contributed by atoms with Gasteiger partial charge in [-0.1, -0.05) is 11.6 Å². The van der Waals surface area contributed by atoms with Crippen LogP contribution < -0.4 is 10.1 Å². The van der Waals surface area contributed by atoms with Gasteiger partial charge in [0.1, 0.15) is 10.9 Å². The summed E-state index contributed by atoms with van der Waals surface area (Å²) in [5.74, 6) is -0.0702. The van der Waals surface area contributed by atoms with Gasteiger partial charge in [-0.25, -0.2) is 4.98 Å². The largest absolute Gasteiger partial charge is 0.435 e. The molecule has 0 bridgehead atoms. The van der Waals surface area contributed by atoms with Gasteiger partial charge >= 0.3 is 12.3 Å². The number of aromatic nitrogens is 1. The zero-order valence-corrected chi connectivity index (χ0v) is 11.1. The molecule has 110 valence electrons. The maximum atomic E-state index is 12.0. The lowest BCUT2D eigenvalue weighted by molar-refractivity contribution is -0.384. The van der Waals surface area contributed by atoms with Gasteiger partial charge < -0.3 is 10.1 Å². The Hall–Kier alpha value is -2.48. The zero-order chi connectivity index (χ0) is 15.4. The molecule has 0 radical (unpaired) electrons. The number of hydrogen-bond donors (Lipinski definition) is 1. The van der Waals surface area contributed by atoms with E-state index in [1.165, 1.54) is 36.4 Å². The molecule has 2 aromatic rings. The molecule has 6 nitrogen and oxygen atoms in total. The highest BCUT2D eigenvalue weighted by molar-refractivity contribution is 6.29. The van der Waals surface area contributed by atoms with Crippen LogP contribution >= 0.6 is 11.6 Å². The average Bonchev–Trinajstić information content (AvgIpc) is 2.40. The predicted molar refractivity (Wildman–Crippen MR) is 72.3 cm³/mol. The average molecular weight is 316 g/mol. The van der Waals surface area contributed by atoms with E-state index in [2.05, 4.69) is 15.0 Å². The second-order valence-electron chi connectivity index (χ2n) is 3.79. The van der Waals surface area contributed by atoms with E-state index >= 15 is 0 Å². The number of rotatable bonds is 5. The van der Waals surface area contributed by atoms with E-state index in [4.69, 9.17) is 11.6 Å². The fourth-order valence-corrected chi connectivity index (χ4v) is 1.67.